The van der Waals surface area contributed by atoms with Crippen LogP contribution in [-0.2, 0) is 4.74 Å². The number of nitrogens with two attached hydrogens (primary N) is 1. The predicted molar refractivity (Wildman–Crippen MR) is 64.2 cm³/mol. The number of halogens is 1. The van der Waals surface area contributed by atoms with Gasteiger partial charge in [0, 0.05) is 6.20 Å². The molecule has 4 atom stereocenters. The summed E-state index contributed by atoms with van der Waals surface area (Å²) in [5, 5.41) is 18.1. The molecule has 0 saturated carbocycles. The molecule has 0 aliphatic carbocycles. The van der Waals surface area contributed by atoms with E-state index in [0.29, 0.717) is 0 Å². The summed E-state index contributed by atoms with van der Waals surface area (Å²) in [7, 11) is 0. The highest BCUT2D eigenvalue weighted by molar-refractivity contribution is 6.20. The van der Waals surface area contributed by atoms with Gasteiger partial charge in [-0.3, -0.25) is 4.57 Å². The molecule has 0 radical (unpaired) electrons. The molecule has 1 aromatic rings. The molecule has 0 bridgehead atoms. The van der Waals surface area contributed by atoms with Crippen LogP contribution in [0.3, 0.4) is 0 Å². The van der Waals surface area contributed by atoms with Crippen LogP contribution in [0.1, 0.15) is 12.6 Å². The third-order valence-corrected chi connectivity index (χ3v) is 3.22. The summed E-state index contributed by atoms with van der Waals surface area (Å²) in [5.74, 6) is 0.108. The molecule has 2 rings (SSSR count). The number of aromatic nitrogens is 2. The van der Waals surface area contributed by atoms with Crippen molar-refractivity contribution >= 4 is 17.4 Å². The van der Waals surface area contributed by atoms with E-state index in [1.54, 1.807) is 0 Å². The van der Waals surface area contributed by atoms with Crippen molar-refractivity contribution in [1.29, 1.82) is 0 Å². The summed E-state index contributed by atoms with van der Waals surface area (Å²) >= 11 is 6.06. The van der Waals surface area contributed by atoms with Gasteiger partial charge in [0.15, 0.2) is 6.23 Å². The lowest BCUT2D eigenvalue weighted by molar-refractivity contribution is -0.158. The minimum Gasteiger partial charge on any atom is -0.394 e. The minimum atomic E-state index is -0.855. The highest BCUT2D eigenvalue weighted by atomic mass is 35.5. The van der Waals surface area contributed by atoms with Crippen LogP contribution in [0, 0.1) is 0 Å². The van der Waals surface area contributed by atoms with Gasteiger partial charge in [0.25, 0.3) is 0 Å². The van der Waals surface area contributed by atoms with Crippen LogP contribution >= 0.6 is 11.6 Å². The second-order valence-corrected chi connectivity index (χ2v) is 4.67. The standard InChI is InChI=1S/C10H14ClN3O4/c11-5-3-6(16)7(4-15)18-9(5)14-2-1-8(12)13-10(14)17/h1-2,5-7,9,15-16H,3-4H2,(H2,12,13,17)/t5?,6-,7-,9-/m1/s1. The topological polar surface area (TPSA) is 111 Å². The molecule has 2 heterocycles. The third-order valence-electron chi connectivity index (χ3n) is 2.83. The fraction of sp³-hybridized carbons (Fsp3) is 0.600. The van der Waals surface area contributed by atoms with Gasteiger partial charge in [0.05, 0.1) is 18.1 Å². The van der Waals surface area contributed by atoms with Crippen LogP contribution < -0.4 is 11.4 Å². The van der Waals surface area contributed by atoms with Crippen molar-refractivity contribution in [2.24, 2.45) is 0 Å². The van der Waals surface area contributed by atoms with Gasteiger partial charge in [-0.2, -0.15) is 4.98 Å². The monoisotopic (exact) mass is 275 g/mol. The van der Waals surface area contributed by atoms with Gasteiger partial charge in [0.1, 0.15) is 11.9 Å². The van der Waals surface area contributed by atoms with Gasteiger partial charge in [0.2, 0.25) is 0 Å². The summed E-state index contributed by atoms with van der Waals surface area (Å²) in [6.45, 7) is -0.349. The number of hydrogen-bond donors (Lipinski definition) is 3. The Kier molecular flexibility index (Phi) is 3.86. The number of anilines is 1. The fourth-order valence-corrected chi connectivity index (χ4v) is 2.24. The molecule has 0 aromatic carbocycles. The van der Waals surface area contributed by atoms with Crippen molar-refractivity contribution in [2.45, 2.75) is 30.2 Å². The summed E-state index contributed by atoms with van der Waals surface area (Å²) in [6.07, 6.45) is -0.765. The predicted octanol–water partition coefficient (Wildman–Crippen LogP) is -0.926. The molecule has 0 spiro atoms. The average Bonchev–Trinajstić information content (AvgIpc) is 2.30. The number of aliphatic hydroxyl groups excluding tert-OH is 2. The maximum atomic E-state index is 11.7. The smallest absolute Gasteiger partial charge is 0.351 e. The molecule has 1 aromatic heterocycles. The molecule has 1 aliphatic heterocycles. The number of aliphatic hydroxyl groups is 2. The Balaban J connectivity index is 2.29. The van der Waals surface area contributed by atoms with E-state index in [1.165, 1.54) is 16.8 Å². The van der Waals surface area contributed by atoms with E-state index in [1.807, 2.05) is 0 Å². The number of hydrogen-bond acceptors (Lipinski definition) is 6. The molecule has 4 N–H and O–H groups in total. The summed E-state index contributed by atoms with van der Waals surface area (Å²) in [5.41, 5.74) is 4.80. The van der Waals surface area contributed by atoms with Gasteiger partial charge >= 0.3 is 5.69 Å². The molecule has 1 unspecified atom stereocenters. The molecule has 18 heavy (non-hydrogen) atoms. The molecule has 8 heteroatoms. The highest BCUT2D eigenvalue weighted by Gasteiger charge is 2.37. The van der Waals surface area contributed by atoms with Crippen LogP contribution in [0.15, 0.2) is 17.1 Å². The third kappa shape index (κ3) is 2.49. The Bertz CT molecular complexity index is 480. The number of ether oxygens (including phenoxy) is 1. The normalized spacial score (nSPS) is 32.4. The Morgan fingerprint density at radius 1 is 1.67 bits per heavy atom. The van der Waals surface area contributed by atoms with Gasteiger partial charge < -0.3 is 20.7 Å². The first-order chi connectivity index (χ1) is 8.52. The van der Waals surface area contributed by atoms with Crippen molar-refractivity contribution in [3.63, 3.8) is 0 Å². The maximum Gasteiger partial charge on any atom is 0.351 e. The van der Waals surface area contributed by atoms with Gasteiger partial charge in [-0.15, -0.1) is 11.6 Å². The van der Waals surface area contributed by atoms with E-state index in [2.05, 4.69) is 4.98 Å². The van der Waals surface area contributed by atoms with Crippen LogP contribution in [0.25, 0.3) is 0 Å². The molecule has 100 valence electrons. The molecule has 0 amide bonds. The van der Waals surface area contributed by atoms with Gasteiger partial charge in [-0.25, -0.2) is 4.79 Å². The van der Waals surface area contributed by atoms with Crippen LogP contribution in [0.5, 0.6) is 0 Å². The largest absolute Gasteiger partial charge is 0.394 e. The molecule has 7 nitrogen and oxygen atoms in total. The van der Waals surface area contributed by atoms with E-state index in [4.69, 9.17) is 27.2 Å². The van der Waals surface area contributed by atoms with E-state index >= 15 is 0 Å². The number of rotatable bonds is 2. The SMILES string of the molecule is Nc1ccn([C@@H]2O[C@H](CO)[C@H](O)CC2Cl)c(=O)n1. The minimum absolute atomic E-state index is 0.108. The van der Waals surface area contributed by atoms with Crippen LogP contribution in [-0.4, -0.2) is 44.0 Å². The van der Waals surface area contributed by atoms with E-state index in [-0.39, 0.29) is 18.8 Å². The van der Waals surface area contributed by atoms with Crippen molar-refractivity contribution in [3.8, 4) is 0 Å². The summed E-state index contributed by atoms with van der Waals surface area (Å²) in [4.78, 5) is 15.2. The highest BCUT2D eigenvalue weighted by Crippen LogP contribution is 2.30. The lowest BCUT2D eigenvalue weighted by atomic mass is 10.0. The molecule has 1 saturated heterocycles. The van der Waals surface area contributed by atoms with Crippen molar-refractivity contribution in [1.82, 2.24) is 9.55 Å². The Hall–Kier alpha value is -1.15. The zero-order valence-electron chi connectivity index (χ0n) is 9.44. The Morgan fingerprint density at radius 2 is 2.39 bits per heavy atom. The van der Waals surface area contributed by atoms with Gasteiger partial charge in [-0.1, -0.05) is 0 Å². The molecular formula is C10H14ClN3O4. The number of alkyl halides is 1. The van der Waals surface area contributed by atoms with Gasteiger partial charge in [-0.05, 0) is 12.5 Å². The lowest BCUT2D eigenvalue weighted by Gasteiger charge is -2.36. The first-order valence-electron chi connectivity index (χ1n) is 5.46. The zero-order chi connectivity index (χ0) is 13.3. The average molecular weight is 276 g/mol. The van der Waals surface area contributed by atoms with E-state index in [9.17, 15) is 9.90 Å². The number of nitrogen functional groups attached to an aromatic ring is 1. The summed E-state index contributed by atoms with van der Waals surface area (Å²) < 4.78 is 6.61. The number of nitrogens with zero attached hydrogens (tertiary/aromatic N) is 2. The molecular weight excluding hydrogens is 262 g/mol. The van der Waals surface area contributed by atoms with Crippen molar-refractivity contribution < 1.29 is 14.9 Å². The van der Waals surface area contributed by atoms with Crippen LogP contribution in [0.2, 0.25) is 0 Å². The second-order valence-electron chi connectivity index (χ2n) is 4.11. The Labute approximate surface area is 108 Å². The lowest BCUT2D eigenvalue weighted by Crippen LogP contribution is -2.47. The first-order valence-corrected chi connectivity index (χ1v) is 5.89. The quantitative estimate of drug-likeness (QED) is 0.602. The van der Waals surface area contributed by atoms with Crippen molar-refractivity contribution in [2.75, 3.05) is 12.3 Å². The van der Waals surface area contributed by atoms with Crippen molar-refractivity contribution in [3.05, 3.63) is 22.7 Å². The zero-order valence-corrected chi connectivity index (χ0v) is 10.2. The second kappa shape index (κ2) is 5.23. The fourth-order valence-electron chi connectivity index (χ4n) is 1.88. The first kappa shape index (κ1) is 13.3. The Morgan fingerprint density at radius 3 is 3.00 bits per heavy atom. The molecule has 1 aliphatic rings. The summed E-state index contributed by atoms with van der Waals surface area (Å²) in [6, 6.07) is 1.45. The maximum absolute atomic E-state index is 11.7. The van der Waals surface area contributed by atoms with E-state index in [0.717, 1.165) is 0 Å². The molecule has 1 fully saturated rings. The van der Waals surface area contributed by atoms with Crippen LogP contribution in [0.4, 0.5) is 5.82 Å². The van der Waals surface area contributed by atoms with E-state index < -0.39 is 29.5 Å².